The van der Waals surface area contributed by atoms with Crippen LogP contribution in [0.5, 0.6) is 5.75 Å². The Morgan fingerprint density at radius 2 is 1.72 bits per heavy atom. The summed E-state index contributed by atoms with van der Waals surface area (Å²) in [7, 11) is 1.60. The Morgan fingerprint density at radius 3 is 2.47 bits per heavy atom. The van der Waals surface area contributed by atoms with Crippen molar-refractivity contribution in [3.63, 3.8) is 0 Å². The number of hydrogen-bond donors (Lipinski definition) is 0. The summed E-state index contributed by atoms with van der Waals surface area (Å²) >= 11 is 0. The van der Waals surface area contributed by atoms with Crippen molar-refractivity contribution in [2.75, 3.05) is 7.11 Å². The van der Waals surface area contributed by atoms with Gasteiger partial charge in [0.05, 0.1) is 12.8 Å². The summed E-state index contributed by atoms with van der Waals surface area (Å²) in [6.07, 6.45) is 5.23. The summed E-state index contributed by atoms with van der Waals surface area (Å²) in [4.78, 5) is 12.7. The number of furan rings is 1. The predicted octanol–water partition coefficient (Wildman–Crippen LogP) is 6.19. The number of fused-ring (bicyclic) bond motifs is 1. The van der Waals surface area contributed by atoms with Crippen molar-refractivity contribution in [1.82, 2.24) is 9.78 Å². The molecule has 2 aromatic heterocycles. The molecule has 5 heteroatoms. The van der Waals surface area contributed by atoms with Crippen LogP contribution in [-0.4, -0.2) is 22.7 Å². The van der Waals surface area contributed by atoms with Gasteiger partial charge < -0.3 is 9.15 Å². The van der Waals surface area contributed by atoms with Gasteiger partial charge in [-0.05, 0) is 60.7 Å². The number of allylic oxidation sites excluding steroid dienone is 1. The number of hydrogen-bond acceptors (Lipinski definition) is 4. The summed E-state index contributed by atoms with van der Waals surface area (Å²) in [6.45, 7) is 0. The molecule has 0 aliphatic heterocycles. The maximum Gasteiger partial charge on any atom is 0.185 e. The highest BCUT2D eigenvalue weighted by Gasteiger charge is 2.15. The molecule has 5 nitrogen and oxygen atoms in total. The quantitative estimate of drug-likeness (QED) is 0.243. The Balaban J connectivity index is 1.54. The van der Waals surface area contributed by atoms with E-state index in [9.17, 15) is 4.79 Å². The van der Waals surface area contributed by atoms with E-state index in [4.69, 9.17) is 14.3 Å². The molecule has 0 spiro atoms. The largest absolute Gasteiger partial charge is 0.497 e. The molecule has 2 heterocycles. The molecule has 32 heavy (non-hydrogen) atoms. The minimum atomic E-state index is -0.101. The van der Waals surface area contributed by atoms with Gasteiger partial charge >= 0.3 is 0 Å². The lowest BCUT2D eigenvalue weighted by molar-refractivity contribution is 0.104. The molecule has 0 atom stereocenters. The molecule has 0 aliphatic carbocycles. The van der Waals surface area contributed by atoms with Crippen molar-refractivity contribution < 1.29 is 13.9 Å². The van der Waals surface area contributed by atoms with Crippen molar-refractivity contribution in [3.8, 4) is 22.9 Å². The fraction of sp³-hybridized carbons (Fsp3) is 0.0370. The summed E-state index contributed by atoms with van der Waals surface area (Å²) in [5.41, 5.74) is 3.76. The SMILES string of the molecule is COc1ccc(C(=O)C=Cc2cn(-c3ccccc3)nc2-c2cc3ccccc3o2)cc1. The van der Waals surface area contributed by atoms with Gasteiger partial charge in [0.1, 0.15) is 17.0 Å². The minimum absolute atomic E-state index is 0.101. The highest BCUT2D eigenvalue weighted by molar-refractivity contribution is 6.07. The molecular weight excluding hydrogens is 400 g/mol. The van der Waals surface area contributed by atoms with E-state index in [0.717, 1.165) is 22.2 Å². The van der Waals surface area contributed by atoms with E-state index in [2.05, 4.69) is 0 Å². The Labute approximate surface area is 185 Å². The first kappa shape index (κ1) is 19.6. The van der Waals surface area contributed by atoms with Gasteiger partial charge in [0.2, 0.25) is 0 Å². The molecule has 0 radical (unpaired) electrons. The van der Waals surface area contributed by atoms with Crippen molar-refractivity contribution >= 4 is 22.8 Å². The molecule has 156 valence electrons. The summed E-state index contributed by atoms with van der Waals surface area (Å²) in [5.74, 6) is 1.26. The Hall–Kier alpha value is -4.38. The average molecular weight is 420 g/mol. The highest BCUT2D eigenvalue weighted by atomic mass is 16.5. The third-order valence-corrected chi connectivity index (χ3v) is 5.21. The monoisotopic (exact) mass is 420 g/mol. The van der Waals surface area contributed by atoms with Crippen LogP contribution >= 0.6 is 0 Å². The number of ketones is 1. The second kappa shape index (κ2) is 8.40. The normalized spacial score (nSPS) is 11.3. The molecule has 0 unspecified atom stereocenters. The van der Waals surface area contributed by atoms with E-state index in [-0.39, 0.29) is 5.78 Å². The number of methoxy groups -OCH3 is 1. The van der Waals surface area contributed by atoms with Gasteiger partial charge in [0.15, 0.2) is 11.5 Å². The summed E-state index contributed by atoms with van der Waals surface area (Å²) < 4.78 is 13.0. The van der Waals surface area contributed by atoms with Crippen LogP contribution < -0.4 is 4.74 Å². The Kier molecular flexibility index (Phi) is 5.14. The molecule has 0 N–H and O–H groups in total. The van der Waals surface area contributed by atoms with E-state index in [0.29, 0.717) is 22.8 Å². The van der Waals surface area contributed by atoms with Gasteiger partial charge in [-0.2, -0.15) is 5.10 Å². The third-order valence-electron chi connectivity index (χ3n) is 5.21. The number of ether oxygens (including phenoxy) is 1. The number of carbonyl (C=O) groups is 1. The fourth-order valence-electron chi connectivity index (χ4n) is 3.53. The smallest absolute Gasteiger partial charge is 0.185 e. The Bertz CT molecular complexity index is 1380. The van der Waals surface area contributed by atoms with Crippen LogP contribution in [0.15, 0.2) is 102 Å². The standard InChI is InChI=1S/C27H20N2O3/c1-31-23-14-11-19(12-15-23)24(30)16-13-21-18-29(22-8-3-2-4-9-22)28-27(21)26-17-20-7-5-6-10-25(20)32-26/h2-18H,1H3. The van der Waals surface area contributed by atoms with Gasteiger partial charge in [-0.15, -0.1) is 0 Å². The molecule has 0 saturated heterocycles. The van der Waals surface area contributed by atoms with Gasteiger partial charge in [-0.25, -0.2) is 4.68 Å². The second-order valence-corrected chi connectivity index (χ2v) is 7.29. The number of nitrogens with zero attached hydrogens (tertiary/aromatic N) is 2. The molecule has 3 aromatic carbocycles. The topological polar surface area (TPSA) is 57.3 Å². The van der Waals surface area contributed by atoms with Crippen LogP contribution in [0.1, 0.15) is 15.9 Å². The third kappa shape index (κ3) is 3.84. The Morgan fingerprint density at radius 1 is 0.969 bits per heavy atom. The van der Waals surface area contributed by atoms with E-state index in [1.807, 2.05) is 66.9 Å². The van der Waals surface area contributed by atoms with Crippen molar-refractivity contribution in [3.05, 3.63) is 108 Å². The lowest BCUT2D eigenvalue weighted by Crippen LogP contribution is -1.94. The van der Waals surface area contributed by atoms with Crippen molar-refractivity contribution in [1.29, 1.82) is 0 Å². The number of rotatable bonds is 6. The fourth-order valence-corrected chi connectivity index (χ4v) is 3.53. The van der Waals surface area contributed by atoms with Gasteiger partial charge in [0, 0.05) is 22.7 Å². The number of para-hydroxylation sites is 2. The zero-order valence-corrected chi connectivity index (χ0v) is 17.4. The zero-order valence-electron chi connectivity index (χ0n) is 17.4. The summed E-state index contributed by atoms with van der Waals surface area (Å²) in [5, 5.41) is 5.76. The molecular formula is C27H20N2O3. The van der Waals surface area contributed by atoms with Gasteiger partial charge in [0.25, 0.3) is 0 Å². The molecule has 5 rings (SSSR count). The maximum absolute atomic E-state index is 12.7. The van der Waals surface area contributed by atoms with Gasteiger partial charge in [-0.1, -0.05) is 36.4 Å². The maximum atomic E-state index is 12.7. The predicted molar refractivity (Wildman–Crippen MR) is 125 cm³/mol. The lowest BCUT2D eigenvalue weighted by atomic mass is 10.1. The van der Waals surface area contributed by atoms with E-state index in [1.54, 1.807) is 48.2 Å². The molecule has 0 bridgehead atoms. The molecule has 0 saturated carbocycles. The van der Waals surface area contributed by atoms with Crippen molar-refractivity contribution in [2.24, 2.45) is 0 Å². The van der Waals surface area contributed by atoms with E-state index in [1.165, 1.54) is 0 Å². The first-order valence-electron chi connectivity index (χ1n) is 10.2. The van der Waals surface area contributed by atoms with Crippen LogP contribution in [-0.2, 0) is 0 Å². The van der Waals surface area contributed by atoms with E-state index >= 15 is 0 Å². The average Bonchev–Trinajstić information content (AvgIpc) is 3.47. The van der Waals surface area contributed by atoms with Crippen LogP contribution in [0.4, 0.5) is 0 Å². The van der Waals surface area contributed by atoms with Crippen LogP contribution in [0.25, 0.3) is 34.2 Å². The number of carbonyl (C=O) groups excluding carboxylic acids is 1. The second-order valence-electron chi connectivity index (χ2n) is 7.29. The number of aromatic nitrogens is 2. The van der Waals surface area contributed by atoms with Crippen LogP contribution in [0.3, 0.4) is 0 Å². The van der Waals surface area contributed by atoms with E-state index < -0.39 is 0 Å². The van der Waals surface area contributed by atoms with Gasteiger partial charge in [-0.3, -0.25) is 4.79 Å². The molecule has 0 aliphatic rings. The highest BCUT2D eigenvalue weighted by Crippen LogP contribution is 2.30. The molecule has 0 amide bonds. The molecule has 5 aromatic rings. The van der Waals surface area contributed by atoms with Crippen LogP contribution in [0.2, 0.25) is 0 Å². The lowest BCUT2D eigenvalue weighted by Gasteiger charge is -2.00. The molecule has 0 fully saturated rings. The minimum Gasteiger partial charge on any atom is -0.497 e. The van der Waals surface area contributed by atoms with Crippen molar-refractivity contribution in [2.45, 2.75) is 0 Å². The number of benzene rings is 3. The van der Waals surface area contributed by atoms with Crippen LogP contribution in [0, 0.1) is 0 Å². The first-order chi connectivity index (χ1) is 15.7. The zero-order chi connectivity index (χ0) is 21.9. The summed E-state index contributed by atoms with van der Waals surface area (Å²) in [6, 6.07) is 26.7. The first-order valence-corrected chi connectivity index (χ1v) is 10.2.